The lowest BCUT2D eigenvalue weighted by Crippen LogP contribution is -2.47. The summed E-state index contributed by atoms with van der Waals surface area (Å²) in [6.45, 7) is 8.35. The zero-order valence-corrected chi connectivity index (χ0v) is 20.1. The Balaban J connectivity index is 1.39. The van der Waals surface area contributed by atoms with Crippen molar-refractivity contribution in [2.45, 2.75) is 37.6 Å². The number of anilines is 3. The molecular formula is C23H31N7O2S. The minimum atomic E-state index is -3.18. The minimum absolute atomic E-state index is 0.354. The van der Waals surface area contributed by atoms with Crippen LogP contribution in [0.2, 0.25) is 0 Å². The van der Waals surface area contributed by atoms with Crippen LogP contribution in [0, 0.1) is 0 Å². The summed E-state index contributed by atoms with van der Waals surface area (Å²) in [4.78, 5) is 17.2. The molecule has 2 saturated heterocycles. The van der Waals surface area contributed by atoms with E-state index in [0.29, 0.717) is 4.90 Å². The smallest absolute Gasteiger partial charge is 0.229 e. The molecule has 10 heteroatoms. The van der Waals surface area contributed by atoms with Gasteiger partial charge in [-0.15, -0.1) is 0 Å². The van der Waals surface area contributed by atoms with Crippen LogP contribution >= 0.6 is 0 Å². The number of aryl methyl sites for hydroxylation is 1. The summed E-state index contributed by atoms with van der Waals surface area (Å²) in [6.07, 6.45) is 6.52. The van der Waals surface area contributed by atoms with Crippen LogP contribution in [0.5, 0.6) is 0 Å². The van der Waals surface area contributed by atoms with E-state index in [4.69, 9.17) is 9.97 Å². The summed E-state index contributed by atoms with van der Waals surface area (Å²) >= 11 is 0. The first-order chi connectivity index (χ1) is 15.9. The van der Waals surface area contributed by atoms with Crippen molar-refractivity contribution >= 4 is 38.3 Å². The number of sulfone groups is 1. The van der Waals surface area contributed by atoms with Gasteiger partial charge in [-0.1, -0.05) is 6.92 Å². The zero-order valence-electron chi connectivity index (χ0n) is 19.3. The maximum absolute atomic E-state index is 11.8. The lowest BCUT2D eigenvalue weighted by Gasteiger charge is -2.37. The second-order valence-corrected chi connectivity index (χ2v) is 10.9. The van der Waals surface area contributed by atoms with E-state index in [2.05, 4.69) is 26.7 Å². The highest BCUT2D eigenvalue weighted by molar-refractivity contribution is 7.90. The van der Waals surface area contributed by atoms with E-state index < -0.39 is 9.84 Å². The summed E-state index contributed by atoms with van der Waals surface area (Å²) in [5, 5.41) is 5.62. The molecule has 5 rings (SSSR count). The van der Waals surface area contributed by atoms with Crippen LogP contribution in [0.3, 0.4) is 0 Å². The summed E-state index contributed by atoms with van der Waals surface area (Å²) in [6, 6.07) is 7.18. The number of benzene rings is 1. The first-order valence-electron chi connectivity index (χ1n) is 11.7. The third kappa shape index (κ3) is 4.36. The Morgan fingerprint density at radius 3 is 2.18 bits per heavy atom. The molecule has 0 spiro atoms. The largest absolute Gasteiger partial charge is 0.368 e. The average molecular weight is 470 g/mol. The highest BCUT2D eigenvalue weighted by Crippen LogP contribution is 2.30. The van der Waals surface area contributed by atoms with Crippen LogP contribution in [-0.2, 0) is 16.4 Å². The third-order valence-electron chi connectivity index (χ3n) is 6.50. The van der Waals surface area contributed by atoms with Gasteiger partial charge in [-0.05, 0) is 43.5 Å². The molecule has 2 aliphatic rings. The van der Waals surface area contributed by atoms with Crippen LogP contribution in [0.25, 0.3) is 11.0 Å². The van der Waals surface area contributed by atoms with Gasteiger partial charge in [-0.3, -0.25) is 0 Å². The third-order valence-corrected chi connectivity index (χ3v) is 7.63. The van der Waals surface area contributed by atoms with Crippen molar-refractivity contribution in [3.63, 3.8) is 0 Å². The average Bonchev–Trinajstić information content (AvgIpc) is 3.49. The molecule has 9 nitrogen and oxygen atoms in total. The molecule has 3 aromatic rings. The topological polar surface area (TPSA) is 87.5 Å². The van der Waals surface area contributed by atoms with E-state index in [1.54, 1.807) is 12.1 Å². The molecule has 0 aliphatic carbocycles. The Kier molecular flexibility index (Phi) is 5.86. The van der Waals surface area contributed by atoms with E-state index in [0.717, 1.165) is 80.7 Å². The van der Waals surface area contributed by atoms with Gasteiger partial charge in [0.2, 0.25) is 5.95 Å². The van der Waals surface area contributed by atoms with E-state index in [-0.39, 0.29) is 0 Å². The van der Waals surface area contributed by atoms with Crippen molar-refractivity contribution in [2.24, 2.45) is 0 Å². The second kappa shape index (κ2) is 8.81. The fourth-order valence-corrected chi connectivity index (χ4v) is 5.32. The Morgan fingerprint density at radius 1 is 0.879 bits per heavy atom. The predicted octanol–water partition coefficient (Wildman–Crippen LogP) is 2.57. The van der Waals surface area contributed by atoms with Crippen molar-refractivity contribution in [2.75, 3.05) is 60.2 Å². The van der Waals surface area contributed by atoms with Crippen LogP contribution in [0.4, 0.5) is 17.5 Å². The second-order valence-electron chi connectivity index (χ2n) is 8.89. The SMILES string of the molecule is CCCn1ncc2c(N3CCN(c4ccc(S(C)(=O)=O)cc4)CC3)nc(N3CCCC3)nc21. The van der Waals surface area contributed by atoms with Crippen LogP contribution in [0.1, 0.15) is 26.2 Å². The number of aromatic nitrogens is 4. The predicted molar refractivity (Wildman–Crippen MR) is 131 cm³/mol. The van der Waals surface area contributed by atoms with Gasteiger partial charge in [0, 0.05) is 57.8 Å². The molecular weight excluding hydrogens is 438 g/mol. The standard InChI is InChI=1S/C23H31N7O2S/c1-3-10-30-22-20(17-24-30)21(25-23(26-22)29-11-4-5-12-29)28-15-13-27(14-16-28)18-6-8-19(9-7-18)33(2,31)32/h6-9,17H,3-5,10-16H2,1-2H3. The quantitative estimate of drug-likeness (QED) is 0.544. The van der Waals surface area contributed by atoms with Gasteiger partial charge in [0.15, 0.2) is 15.5 Å². The first-order valence-corrected chi connectivity index (χ1v) is 13.6. The van der Waals surface area contributed by atoms with Gasteiger partial charge >= 0.3 is 0 Å². The first kappa shape index (κ1) is 21.9. The summed E-state index contributed by atoms with van der Waals surface area (Å²) in [5.41, 5.74) is 1.96. The van der Waals surface area contributed by atoms with Gasteiger partial charge in [0.1, 0.15) is 5.82 Å². The number of rotatable bonds is 6. The molecule has 0 saturated carbocycles. The summed E-state index contributed by atoms with van der Waals surface area (Å²) < 4.78 is 25.5. The molecule has 0 atom stereocenters. The summed E-state index contributed by atoms with van der Waals surface area (Å²) in [5.74, 6) is 1.78. The maximum Gasteiger partial charge on any atom is 0.229 e. The van der Waals surface area contributed by atoms with E-state index >= 15 is 0 Å². The fourth-order valence-electron chi connectivity index (χ4n) is 4.68. The zero-order chi connectivity index (χ0) is 23.0. The highest BCUT2D eigenvalue weighted by atomic mass is 32.2. The van der Waals surface area contributed by atoms with Crippen LogP contribution in [-0.4, -0.2) is 73.7 Å². The molecule has 2 fully saturated rings. The van der Waals surface area contributed by atoms with Crippen molar-refractivity contribution in [1.29, 1.82) is 0 Å². The fraction of sp³-hybridized carbons (Fsp3) is 0.522. The molecule has 0 unspecified atom stereocenters. The Labute approximate surface area is 194 Å². The maximum atomic E-state index is 11.8. The molecule has 1 aromatic carbocycles. The molecule has 33 heavy (non-hydrogen) atoms. The molecule has 2 aromatic heterocycles. The highest BCUT2D eigenvalue weighted by Gasteiger charge is 2.25. The Morgan fingerprint density at radius 2 is 1.55 bits per heavy atom. The van der Waals surface area contributed by atoms with Gasteiger partial charge in [-0.2, -0.15) is 15.1 Å². The Bertz CT molecular complexity index is 1230. The van der Waals surface area contributed by atoms with Crippen LogP contribution in [0.15, 0.2) is 35.4 Å². The van der Waals surface area contributed by atoms with Gasteiger partial charge in [-0.25, -0.2) is 13.1 Å². The van der Waals surface area contributed by atoms with Crippen LogP contribution < -0.4 is 14.7 Å². The molecule has 2 aliphatic heterocycles. The molecule has 0 bridgehead atoms. The number of hydrogen-bond acceptors (Lipinski definition) is 8. The Hall–Kier alpha value is -2.88. The van der Waals surface area contributed by atoms with Crippen molar-refractivity contribution in [3.05, 3.63) is 30.5 Å². The molecule has 4 heterocycles. The normalized spacial score (nSPS) is 17.3. The summed E-state index contributed by atoms with van der Waals surface area (Å²) in [7, 11) is -3.18. The number of fused-ring (bicyclic) bond motifs is 1. The molecule has 176 valence electrons. The van der Waals surface area contributed by atoms with E-state index in [1.165, 1.54) is 19.1 Å². The van der Waals surface area contributed by atoms with Crippen molar-refractivity contribution < 1.29 is 8.42 Å². The van der Waals surface area contributed by atoms with Crippen molar-refractivity contribution in [1.82, 2.24) is 19.7 Å². The molecule has 0 N–H and O–H groups in total. The van der Waals surface area contributed by atoms with Gasteiger partial charge in [0.05, 0.1) is 16.5 Å². The van der Waals surface area contributed by atoms with Gasteiger partial charge < -0.3 is 14.7 Å². The molecule has 0 radical (unpaired) electrons. The molecule has 0 amide bonds. The number of piperazine rings is 1. The lowest BCUT2D eigenvalue weighted by molar-refractivity contribution is 0.602. The number of hydrogen-bond donors (Lipinski definition) is 0. The number of nitrogens with zero attached hydrogens (tertiary/aromatic N) is 7. The van der Waals surface area contributed by atoms with E-state index in [9.17, 15) is 8.42 Å². The minimum Gasteiger partial charge on any atom is -0.368 e. The van der Waals surface area contributed by atoms with Crippen molar-refractivity contribution in [3.8, 4) is 0 Å². The lowest BCUT2D eigenvalue weighted by atomic mass is 10.2. The monoisotopic (exact) mass is 469 g/mol. The van der Waals surface area contributed by atoms with E-state index in [1.807, 2.05) is 23.0 Å². The van der Waals surface area contributed by atoms with Gasteiger partial charge in [0.25, 0.3) is 0 Å².